The average Bonchev–Trinajstić information content (AvgIpc) is 2.32. The normalized spacial score (nSPS) is 12.4. The minimum absolute atomic E-state index is 0.248. The van der Waals surface area contributed by atoms with Crippen molar-refractivity contribution in [3.8, 4) is 0 Å². The highest BCUT2D eigenvalue weighted by Gasteiger charge is 2.12. The van der Waals surface area contributed by atoms with Gasteiger partial charge in [-0.2, -0.15) is 0 Å². The van der Waals surface area contributed by atoms with Crippen molar-refractivity contribution >= 4 is 0 Å². The Kier molecular flexibility index (Phi) is 3.02. The van der Waals surface area contributed by atoms with Crippen molar-refractivity contribution in [2.45, 2.75) is 13.0 Å². The van der Waals surface area contributed by atoms with Gasteiger partial charge >= 0.3 is 0 Å². The minimum Gasteiger partial charge on any atom is -0.320 e. The molecular formula is C14H14FN. The van der Waals surface area contributed by atoms with Crippen LogP contribution in [0.3, 0.4) is 0 Å². The number of benzene rings is 2. The summed E-state index contributed by atoms with van der Waals surface area (Å²) in [6.07, 6.45) is 0. The molecule has 0 aliphatic heterocycles. The van der Waals surface area contributed by atoms with Gasteiger partial charge in [0.2, 0.25) is 0 Å². The third kappa shape index (κ3) is 2.12. The Bertz CT molecular complexity index is 479. The molecule has 0 aliphatic carbocycles. The summed E-state index contributed by atoms with van der Waals surface area (Å²) in [6, 6.07) is 14.2. The fourth-order valence-electron chi connectivity index (χ4n) is 1.74. The van der Waals surface area contributed by atoms with Crippen LogP contribution in [-0.4, -0.2) is 0 Å². The van der Waals surface area contributed by atoms with Crippen LogP contribution in [0.4, 0.5) is 4.39 Å². The molecule has 2 heteroatoms. The van der Waals surface area contributed by atoms with Crippen LogP contribution < -0.4 is 5.73 Å². The first-order valence-corrected chi connectivity index (χ1v) is 5.25. The molecule has 82 valence electrons. The van der Waals surface area contributed by atoms with E-state index >= 15 is 0 Å². The van der Waals surface area contributed by atoms with Crippen LogP contribution in [-0.2, 0) is 0 Å². The standard InChI is InChI=1S/C14H14FN/c1-10-7-8-13(15)12(9-10)14(16)11-5-3-2-4-6-11/h2-9,14H,16H2,1H3. The molecule has 0 amide bonds. The van der Waals surface area contributed by atoms with E-state index in [4.69, 9.17) is 5.73 Å². The predicted octanol–water partition coefficient (Wildman–Crippen LogP) is 3.18. The van der Waals surface area contributed by atoms with E-state index in [0.29, 0.717) is 5.56 Å². The monoisotopic (exact) mass is 215 g/mol. The lowest BCUT2D eigenvalue weighted by atomic mass is 9.98. The molecule has 0 bridgehead atoms. The van der Waals surface area contributed by atoms with Crippen molar-refractivity contribution in [2.24, 2.45) is 5.73 Å². The van der Waals surface area contributed by atoms with Crippen molar-refractivity contribution in [1.82, 2.24) is 0 Å². The summed E-state index contributed by atoms with van der Waals surface area (Å²) in [5.41, 5.74) is 8.53. The molecule has 2 aromatic rings. The lowest BCUT2D eigenvalue weighted by Crippen LogP contribution is -2.13. The Morgan fingerprint density at radius 3 is 2.44 bits per heavy atom. The van der Waals surface area contributed by atoms with E-state index in [0.717, 1.165) is 11.1 Å². The highest BCUT2D eigenvalue weighted by molar-refractivity contribution is 5.34. The zero-order valence-electron chi connectivity index (χ0n) is 9.15. The molecule has 0 aromatic heterocycles. The summed E-state index contributed by atoms with van der Waals surface area (Å²) in [7, 11) is 0. The average molecular weight is 215 g/mol. The van der Waals surface area contributed by atoms with E-state index in [9.17, 15) is 4.39 Å². The molecule has 2 aromatic carbocycles. The molecule has 16 heavy (non-hydrogen) atoms. The number of nitrogens with two attached hydrogens (primary N) is 1. The highest BCUT2D eigenvalue weighted by atomic mass is 19.1. The van der Waals surface area contributed by atoms with Crippen molar-refractivity contribution in [1.29, 1.82) is 0 Å². The van der Waals surface area contributed by atoms with Gasteiger partial charge in [-0.3, -0.25) is 0 Å². The van der Waals surface area contributed by atoms with Gasteiger partial charge in [0.1, 0.15) is 5.82 Å². The smallest absolute Gasteiger partial charge is 0.128 e. The number of halogens is 1. The van der Waals surface area contributed by atoms with Crippen LogP contribution in [0.25, 0.3) is 0 Å². The maximum atomic E-state index is 13.6. The van der Waals surface area contributed by atoms with Gasteiger partial charge in [-0.15, -0.1) is 0 Å². The number of hydrogen-bond donors (Lipinski definition) is 1. The molecule has 0 radical (unpaired) electrons. The second kappa shape index (κ2) is 4.45. The molecule has 2 N–H and O–H groups in total. The zero-order valence-corrected chi connectivity index (χ0v) is 9.15. The quantitative estimate of drug-likeness (QED) is 0.818. The Hall–Kier alpha value is -1.67. The first kappa shape index (κ1) is 10.8. The molecular weight excluding hydrogens is 201 g/mol. The number of rotatable bonds is 2. The van der Waals surface area contributed by atoms with Crippen molar-refractivity contribution < 1.29 is 4.39 Å². The zero-order chi connectivity index (χ0) is 11.5. The van der Waals surface area contributed by atoms with Crippen molar-refractivity contribution in [2.75, 3.05) is 0 Å². The Morgan fingerprint density at radius 2 is 1.75 bits per heavy atom. The first-order valence-electron chi connectivity index (χ1n) is 5.25. The molecule has 1 atom stereocenters. The van der Waals surface area contributed by atoms with Crippen LogP contribution >= 0.6 is 0 Å². The van der Waals surface area contributed by atoms with E-state index < -0.39 is 6.04 Å². The number of aryl methyl sites for hydroxylation is 1. The summed E-state index contributed by atoms with van der Waals surface area (Å²) in [5.74, 6) is -0.248. The molecule has 1 nitrogen and oxygen atoms in total. The van der Waals surface area contributed by atoms with Gasteiger partial charge in [0, 0.05) is 5.56 Å². The van der Waals surface area contributed by atoms with Gasteiger partial charge in [-0.1, -0.05) is 48.0 Å². The molecule has 0 spiro atoms. The first-order chi connectivity index (χ1) is 7.68. The summed E-state index contributed by atoms with van der Waals surface area (Å²) in [4.78, 5) is 0. The van der Waals surface area contributed by atoms with Gasteiger partial charge in [0.25, 0.3) is 0 Å². The summed E-state index contributed by atoms with van der Waals surface area (Å²) >= 11 is 0. The van der Waals surface area contributed by atoms with Crippen LogP contribution in [0.2, 0.25) is 0 Å². The Labute approximate surface area is 94.7 Å². The fraction of sp³-hybridized carbons (Fsp3) is 0.143. The van der Waals surface area contributed by atoms with E-state index in [1.807, 2.05) is 37.3 Å². The van der Waals surface area contributed by atoms with Crippen molar-refractivity contribution in [3.05, 3.63) is 71.0 Å². The second-order valence-corrected chi connectivity index (χ2v) is 3.91. The lowest BCUT2D eigenvalue weighted by molar-refractivity contribution is 0.599. The van der Waals surface area contributed by atoms with E-state index in [1.165, 1.54) is 6.07 Å². The minimum atomic E-state index is -0.402. The largest absolute Gasteiger partial charge is 0.320 e. The molecule has 2 rings (SSSR count). The molecule has 0 fully saturated rings. The third-order valence-electron chi connectivity index (χ3n) is 2.65. The van der Waals surface area contributed by atoms with Gasteiger partial charge in [0.05, 0.1) is 6.04 Å². The molecule has 0 saturated carbocycles. The maximum absolute atomic E-state index is 13.6. The maximum Gasteiger partial charge on any atom is 0.128 e. The van der Waals surface area contributed by atoms with Crippen LogP contribution in [0.5, 0.6) is 0 Å². The molecule has 0 heterocycles. The molecule has 0 aliphatic rings. The van der Waals surface area contributed by atoms with Crippen LogP contribution in [0.15, 0.2) is 48.5 Å². The third-order valence-corrected chi connectivity index (χ3v) is 2.65. The van der Waals surface area contributed by atoms with Crippen molar-refractivity contribution in [3.63, 3.8) is 0 Å². The topological polar surface area (TPSA) is 26.0 Å². The number of hydrogen-bond acceptors (Lipinski definition) is 1. The molecule has 0 saturated heterocycles. The Balaban J connectivity index is 2.41. The van der Waals surface area contributed by atoms with Gasteiger partial charge < -0.3 is 5.73 Å². The van der Waals surface area contributed by atoms with E-state index in [1.54, 1.807) is 12.1 Å². The fourth-order valence-corrected chi connectivity index (χ4v) is 1.74. The molecule has 1 unspecified atom stereocenters. The lowest BCUT2D eigenvalue weighted by Gasteiger charge is -2.14. The summed E-state index contributed by atoms with van der Waals surface area (Å²) < 4.78 is 13.6. The van der Waals surface area contributed by atoms with Gasteiger partial charge in [-0.05, 0) is 18.6 Å². The predicted molar refractivity (Wildman–Crippen MR) is 63.6 cm³/mol. The van der Waals surface area contributed by atoms with Gasteiger partial charge in [-0.25, -0.2) is 4.39 Å². The van der Waals surface area contributed by atoms with Gasteiger partial charge in [0.15, 0.2) is 0 Å². The van der Waals surface area contributed by atoms with E-state index in [2.05, 4.69) is 0 Å². The summed E-state index contributed by atoms with van der Waals surface area (Å²) in [5, 5.41) is 0. The van der Waals surface area contributed by atoms with Crippen LogP contribution in [0, 0.1) is 12.7 Å². The second-order valence-electron chi connectivity index (χ2n) is 3.91. The Morgan fingerprint density at radius 1 is 1.06 bits per heavy atom. The van der Waals surface area contributed by atoms with E-state index in [-0.39, 0.29) is 5.82 Å². The summed E-state index contributed by atoms with van der Waals surface area (Å²) in [6.45, 7) is 1.93. The highest BCUT2D eigenvalue weighted by Crippen LogP contribution is 2.22. The van der Waals surface area contributed by atoms with Crippen LogP contribution in [0.1, 0.15) is 22.7 Å². The SMILES string of the molecule is Cc1ccc(F)c(C(N)c2ccccc2)c1.